The summed E-state index contributed by atoms with van der Waals surface area (Å²) < 4.78 is 101. The van der Waals surface area contributed by atoms with Crippen molar-refractivity contribution in [1.82, 2.24) is 0 Å². The number of sulfonamides is 1. The van der Waals surface area contributed by atoms with Crippen LogP contribution in [0.1, 0.15) is 11.1 Å². The molecule has 0 saturated heterocycles. The Morgan fingerprint density at radius 3 is 1.97 bits per heavy atom. The van der Waals surface area contributed by atoms with Gasteiger partial charge in [-0.3, -0.25) is 9.10 Å². The van der Waals surface area contributed by atoms with E-state index in [1.54, 1.807) is 0 Å². The molecule has 2 rings (SSSR count). The van der Waals surface area contributed by atoms with Gasteiger partial charge in [-0.15, -0.1) is 0 Å². The molecule has 0 aliphatic carbocycles. The van der Waals surface area contributed by atoms with Gasteiger partial charge in [0.15, 0.2) is 0 Å². The number of nitrogens with zero attached hydrogens (tertiary/aromatic N) is 1. The third-order valence-corrected chi connectivity index (χ3v) is 4.82. The summed E-state index contributed by atoms with van der Waals surface area (Å²) in [6, 6.07) is 7.04. The average Bonchev–Trinajstić information content (AvgIpc) is 2.57. The lowest BCUT2D eigenvalue weighted by atomic mass is 10.1. The molecular weight excluding hydrogens is 426 g/mol. The first kappa shape index (κ1) is 22.5. The first-order valence-corrected chi connectivity index (χ1v) is 9.65. The van der Waals surface area contributed by atoms with Gasteiger partial charge in [0.05, 0.1) is 28.8 Å². The summed E-state index contributed by atoms with van der Waals surface area (Å²) in [5.41, 5.74) is -2.99. The number of hydrogen-bond donors (Lipinski definition) is 1. The lowest BCUT2D eigenvalue weighted by Gasteiger charge is -2.23. The minimum atomic E-state index is -4.76. The molecule has 2 aromatic rings. The monoisotopic (exact) mass is 440 g/mol. The normalized spacial score (nSPS) is 12.5. The van der Waals surface area contributed by atoms with Crippen molar-refractivity contribution < 1.29 is 39.6 Å². The predicted molar refractivity (Wildman–Crippen MR) is 93.7 cm³/mol. The lowest BCUT2D eigenvalue weighted by Crippen LogP contribution is -2.37. The van der Waals surface area contributed by atoms with Crippen molar-refractivity contribution in [2.45, 2.75) is 12.4 Å². The van der Waals surface area contributed by atoms with E-state index in [9.17, 15) is 39.6 Å². The van der Waals surface area contributed by atoms with E-state index in [0.29, 0.717) is 22.7 Å². The summed E-state index contributed by atoms with van der Waals surface area (Å²) in [5.74, 6) is -1.10. The van der Waals surface area contributed by atoms with E-state index < -0.39 is 51.6 Å². The second-order valence-corrected chi connectivity index (χ2v) is 7.81. The van der Waals surface area contributed by atoms with Crippen LogP contribution >= 0.6 is 0 Å². The smallest absolute Gasteiger partial charge is 0.324 e. The van der Waals surface area contributed by atoms with Crippen molar-refractivity contribution in [3.63, 3.8) is 0 Å². The number of amides is 1. The standard InChI is InChI=1S/C17H14F6N2O3S/c1-29(27,28)25(12-8-6-11(7-9-12)16(18,19)20)10-15(26)24-14-5-3-2-4-13(14)17(21,22)23/h2-9H,10H2,1H3,(H,24,26). The van der Waals surface area contributed by atoms with E-state index in [1.165, 1.54) is 6.07 Å². The number of hydrogen-bond acceptors (Lipinski definition) is 3. The summed E-state index contributed by atoms with van der Waals surface area (Å²) in [5, 5.41) is 1.98. The topological polar surface area (TPSA) is 66.5 Å². The van der Waals surface area contributed by atoms with Gasteiger partial charge < -0.3 is 5.32 Å². The molecule has 0 aromatic heterocycles. The molecule has 0 aliphatic rings. The van der Waals surface area contributed by atoms with Gasteiger partial charge in [0.1, 0.15) is 6.54 Å². The fraction of sp³-hybridized carbons (Fsp3) is 0.235. The zero-order chi connectivity index (χ0) is 22.0. The molecule has 29 heavy (non-hydrogen) atoms. The maximum Gasteiger partial charge on any atom is 0.418 e. The number of anilines is 2. The number of alkyl halides is 6. The predicted octanol–water partition coefficient (Wildman–Crippen LogP) is 4.13. The number of rotatable bonds is 5. The maximum atomic E-state index is 13.0. The van der Waals surface area contributed by atoms with Crippen LogP contribution in [0.3, 0.4) is 0 Å². The Balaban J connectivity index is 2.28. The van der Waals surface area contributed by atoms with Crippen LogP contribution < -0.4 is 9.62 Å². The van der Waals surface area contributed by atoms with Gasteiger partial charge >= 0.3 is 12.4 Å². The highest BCUT2D eigenvalue weighted by atomic mass is 32.2. The summed E-state index contributed by atoms with van der Waals surface area (Å²) in [4.78, 5) is 12.2. The van der Waals surface area contributed by atoms with E-state index in [0.717, 1.165) is 30.3 Å². The van der Waals surface area contributed by atoms with Crippen LogP contribution in [-0.2, 0) is 27.2 Å². The van der Waals surface area contributed by atoms with Crippen molar-refractivity contribution in [3.05, 3.63) is 59.7 Å². The maximum absolute atomic E-state index is 13.0. The summed E-state index contributed by atoms with van der Waals surface area (Å²) in [6.45, 7) is -0.934. The highest BCUT2D eigenvalue weighted by Gasteiger charge is 2.34. The van der Waals surface area contributed by atoms with Gasteiger partial charge in [-0.1, -0.05) is 12.1 Å². The Morgan fingerprint density at radius 1 is 0.931 bits per heavy atom. The molecule has 1 amide bonds. The molecule has 0 aliphatic heterocycles. The molecule has 0 fully saturated rings. The molecular formula is C17H14F6N2O3S. The van der Waals surface area contributed by atoms with E-state index >= 15 is 0 Å². The molecule has 2 aromatic carbocycles. The Hall–Kier alpha value is -2.76. The minimum Gasteiger partial charge on any atom is -0.324 e. The van der Waals surface area contributed by atoms with Crippen molar-refractivity contribution in [1.29, 1.82) is 0 Å². The molecule has 0 saturated carbocycles. The Kier molecular flexibility index (Phi) is 6.16. The molecule has 12 heteroatoms. The van der Waals surface area contributed by atoms with Crippen molar-refractivity contribution >= 4 is 27.3 Å². The van der Waals surface area contributed by atoms with E-state index in [1.807, 2.05) is 5.32 Å². The van der Waals surface area contributed by atoms with Crippen LogP contribution in [0, 0.1) is 0 Å². The average molecular weight is 440 g/mol. The van der Waals surface area contributed by atoms with E-state index in [2.05, 4.69) is 0 Å². The van der Waals surface area contributed by atoms with Crippen LogP contribution in [-0.4, -0.2) is 27.1 Å². The fourth-order valence-corrected chi connectivity index (χ4v) is 3.23. The SMILES string of the molecule is CS(=O)(=O)N(CC(=O)Nc1ccccc1C(F)(F)F)c1ccc(C(F)(F)F)cc1. The zero-order valence-corrected chi connectivity index (χ0v) is 15.5. The Labute approximate surface area is 162 Å². The largest absolute Gasteiger partial charge is 0.418 e. The molecule has 0 atom stereocenters. The summed E-state index contributed by atoms with van der Waals surface area (Å²) in [7, 11) is -4.12. The molecule has 0 radical (unpaired) electrons. The van der Waals surface area contributed by atoms with Crippen LogP contribution in [0.15, 0.2) is 48.5 Å². The lowest BCUT2D eigenvalue weighted by molar-refractivity contribution is -0.138. The van der Waals surface area contributed by atoms with Crippen molar-refractivity contribution in [2.75, 3.05) is 22.4 Å². The third-order valence-electron chi connectivity index (χ3n) is 3.68. The molecule has 5 nitrogen and oxygen atoms in total. The highest BCUT2D eigenvalue weighted by molar-refractivity contribution is 7.92. The molecule has 0 unspecified atom stereocenters. The summed E-state index contributed by atoms with van der Waals surface area (Å²) >= 11 is 0. The van der Waals surface area contributed by atoms with Gasteiger partial charge in [0.25, 0.3) is 0 Å². The molecule has 158 valence electrons. The quantitative estimate of drug-likeness (QED) is 0.712. The second-order valence-electron chi connectivity index (χ2n) is 5.91. The van der Waals surface area contributed by atoms with Gasteiger partial charge in [0.2, 0.25) is 15.9 Å². The Bertz CT molecular complexity index is 985. The van der Waals surface area contributed by atoms with E-state index in [4.69, 9.17) is 0 Å². The van der Waals surface area contributed by atoms with Crippen LogP contribution in [0.5, 0.6) is 0 Å². The Morgan fingerprint density at radius 2 is 1.48 bits per heavy atom. The first-order valence-electron chi connectivity index (χ1n) is 7.80. The van der Waals surface area contributed by atoms with Crippen molar-refractivity contribution in [3.8, 4) is 0 Å². The molecule has 0 spiro atoms. The fourth-order valence-electron chi connectivity index (χ4n) is 2.38. The van der Waals surface area contributed by atoms with Crippen LogP contribution in [0.2, 0.25) is 0 Å². The summed E-state index contributed by atoms with van der Waals surface area (Å²) in [6.07, 6.45) is -8.69. The number of halogens is 6. The second kappa shape index (κ2) is 7.93. The number of nitrogens with one attached hydrogen (secondary N) is 1. The zero-order valence-electron chi connectivity index (χ0n) is 14.7. The minimum absolute atomic E-state index is 0.250. The van der Waals surface area contributed by atoms with E-state index in [-0.39, 0.29) is 5.69 Å². The molecule has 1 N–H and O–H groups in total. The number of carbonyl (C=O) groups excluding carboxylic acids is 1. The molecule has 0 bridgehead atoms. The number of carbonyl (C=O) groups is 1. The first-order chi connectivity index (χ1) is 13.2. The molecule has 0 heterocycles. The third kappa shape index (κ3) is 5.86. The van der Waals surface area contributed by atoms with Gasteiger partial charge in [-0.2, -0.15) is 26.3 Å². The van der Waals surface area contributed by atoms with Crippen LogP contribution in [0.4, 0.5) is 37.7 Å². The van der Waals surface area contributed by atoms with Crippen molar-refractivity contribution in [2.24, 2.45) is 0 Å². The van der Waals surface area contributed by atoms with Gasteiger partial charge in [-0.25, -0.2) is 8.42 Å². The van der Waals surface area contributed by atoms with Gasteiger partial charge in [0, 0.05) is 0 Å². The van der Waals surface area contributed by atoms with Gasteiger partial charge in [-0.05, 0) is 36.4 Å². The number of benzene rings is 2. The number of para-hydroxylation sites is 1. The highest BCUT2D eigenvalue weighted by Crippen LogP contribution is 2.35. The van der Waals surface area contributed by atoms with Crippen LogP contribution in [0.25, 0.3) is 0 Å².